The first-order chi connectivity index (χ1) is 11.5. The Balaban J connectivity index is 0.00000139. The van der Waals surface area contributed by atoms with E-state index in [1.54, 1.807) is 50.5 Å². The minimum atomic E-state index is -0.0796. The van der Waals surface area contributed by atoms with E-state index in [1.807, 2.05) is 13.8 Å². The van der Waals surface area contributed by atoms with Gasteiger partial charge in [-0.05, 0) is 35.9 Å². The molecule has 5 heteroatoms. The van der Waals surface area contributed by atoms with E-state index < -0.39 is 0 Å². The maximum absolute atomic E-state index is 11.8. The average Bonchev–Trinajstić information content (AvgIpc) is 2.62. The molecule has 1 amide bonds. The van der Waals surface area contributed by atoms with E-state index in [-0.39, 0.29) is 18.3 Å². The summed E-state index contributed by atoms with van der Waals surface area (Å²) in [4.78, 5) is 23.9. The van der Waals surface area contributed by atoms with Crippen molar-refractivity contribution >= 4 is 12.2 Å². The lowest BCUT2D eigenvalue weighted by Gasteiger charge is -2.11. The van der Waals surface area contributed by atoms with Crippen molar-refractivity contribution in [2.45, 2.75) is 20.5 Å². The van der Waals surface area contributed by atoms with Gasteiger partial charge in [0.15, 0.2) is 11.5 Å². The highest BCUT2D eigenvalue weighted by atomic mass is 16.5. The van der Waals surface area contributed by atoms with E-state index in [1.165, 1.54) is 11.0 Å². The van der Waals surface area contributed by atoms with Crippen molar-refractivity contribution in [1.29, 1.82) is 0 Å². The van der Waals surface area contributed by atoms with E-state index >= 15 is 0 Å². The van der Waals surface area contributed by atoms with Gasteiger partial charge in [0.1, 0.15) is 12.9 Å². The van der Waals surface area contributed by atoms with Gasteiger partial charge in [-0.1, -0.05) is 26.0 Å². The molecule has 2 aromatic carbocycles. The van der Waals surface area contributed by atoms with Crippen LogP contribution in [0.5, 0.6) is 11.5 Å². The molecule has 0 radical (unpaired) electrons. The van der Waals surface area contributed by atoms with Crippen molar-refractivity contribution in [3.63, 3.8) is 0 Å². The lowest BCUT2D eigenvalue weighted by molar-refractivity contribution is 0.0827. The highest BCUT2D eigenvalue weighted by molar-refractivity contribution is 5.93. The Bertz CT molecular complexity index is 678. The Morgan fingerprint density at radius 2 is 1.75 bits per heavy atom. The summed E-state index contributed by atoms with van der Waals surface area (Å²) >= 11 is 0. The van der Waals surface area contributed by atoms with Gasteiger partial charge < -0.3 is 14.7 Å². The van der Waals surface area contributed by atoms with Crippen LogP contribution in [0.4, 0.5) is 0 Å². The SMILES string of the molecule is CC.CN(C)C(=O)c1ccc(COc2ccc(C=O)cc2O)cc1. The minimum Gasteiger partial charge on any atom is -0.504 e. The van der Waals surface area contributed by atoms with Crippen LogP contribution in [-0.2, 0) is 6.61 Å². The van der Waals surface area contributed by atoms with Crippen molar-refractivity contribution in [2.24, 2.45) is 0 Å². The maximum atomic E-state index is 11.8. The first-order valence-electron chi connectivity index (χ1n) is 7.73. The molecule has 2 aromatic rings. The number of benzene rings is 2. The number of hydrogen-bond acceptors (Lipinski definition) is 4. The van der Waals surface area contributed by atoms with Crippen LogP contribution in [0.15, 0.2) is 42.5 Å². The van der Waals surface area contributed by atoms with Crippen LogP contribution in [0.3, 0.4) is 0 Å². The second-order valence-electron chi connectivity index (χ2n) is 5.03. The number of carbonyl (C=O) groups is 2. The summed E-state index contributed by atoms with van der Waals surface area (Å²) in [6, 6.07) is 11.5. The summed E-state index contributed by atoms with van der Waals surface area (Å²) in [5.41, 5.74) is 1.86. The summed E-state index contributed by atoms with van der Waals surface area (Å²) in [7, 11) is 3.40. The summed E-state index contributed by atoms with van der Waals surface area (Å²) in [6.07, 6.45) is 0.657. The Hall–Kier alpha value is -2.82. The molecule has 0 aliphatic carbocycles. The standard InChI is InChI=1S/C17H17NO4.C2H6/c1-18(2)17(21)14-6-3-12(4-7-14)11-22-16-8-5-13(10-19)9-15(16)20;1-2/h3-10,20H,11H2,1-2H3;1-2H3. The van der Waals surface area contributed by atoms with Crippen LogP contribution < -0.4 is 4.74 Å². The molecule has 2 rings (SSSR count). The van der Waals surface area contributed by atoms with Crippen molar-refractivity contribution < 1.29 is 19.4 Å². The molecule has 0 heterocycles. The number of carbonyl (C=O) groups excluding carboxylic acids is 2. The van der Waals surface area contributed by atoms with Crippen LogP contribution in [0.1, 0.15) is 40.1 Å². The van der Waals surface area contributed by atoms with Crippen molar-refractivity contribution in [3.8, 4) is 11.5 Å². The van der Waals surface area contributed by atoms with Crippen LogP contribution in [0.25, 0.3) is 0 Å². The zero-order valence-electron chi connectivity index (χ0n) is 14.4. The van der Waals surface area contributed by atoms with Crippen molar-refractivity contribution in [1.82, 2.24) is 4.90 Å². The van der Waals surface area contributed by atoms with Crippen molar-refractivity contribution in [2.75, 3.05) is 14.1 Å². The fourth-order valence-corrected chi connectivity index (χ4v) is 1.89. The molecule has 1 N–H and O–H groups in total. The molecule has 0 saturated heterocycles. The first kappa shape index (κ1) is 19.2. The second kappa shape index (κ2) is 9.35. The number of rotatable bonds is 5. The molecule has 128 valence electrons. The van der Waals surface area contributed by atoms with Gasteiger partial charge in [0.2, 0.25) is 0 Å². The third-order valence-electron chi connectivity index (χ3n) is 3.12. The van der Waals surface area contributed by atoms with Gasteiger partial charge in [-0.25, -0.2) is 0 Å². The van der Waals surface area contributed by atoms with Gasteiger partial charge in [0.05, 0.1) is 0 Å². The fourth-order valence-electron chi connectivity index (χ4n) is 1.89. The molecule has 0 aromatic heterocycles. The quantitative estimate of drug-likeness (QED) is 0.853. The van der Waals surface area contributed by atoms with Gasteiger partial charge in [0.25, 0.3) is 5.91 Å². The molecule has 0 aliphatic rings. The van der Waals surface area contributed by atoms with Gasteiger partial charge in [-0.15, -0.1) is 0 Å². The van der Waals surface area contributed by atoms with Gasteiger partial charge >= 0.3 is 0 Å². The second-order valence-corrected chi connectivity index (χ2v) is 5.03. The molecule has 0 aliphatic heterocycles. The Morgan fingerprint density at radius 1 is 1.12 bits per heavy atom. The third kappa shape index (κ3) is 5.12. The number of hydrogen-bond donors (Lipinski definition) is 1. The van der Waals surface area contributed by atoms with E-state index in [4.69, 9.17) is 4.74 Å². The zero-order valence-corrected chi connectivity index (χ0v) is 14.4. The summed E-state index contributed by atoms with van der Waals surface area (Å²) in [5.74, 6) is 0.164. The highest BCUT2D eigenvalue weighted by Gasteiger charge is 2.08. The molecular weight excluding hydrogens is 306 g/mol. The normalized spacial score (nSPS) is 9.50. The summed E-state index contributed by atoms with van der Waals surface area (Å²) in [5, 5.41) is 9.74. The van der Waals surface area contributed by atoms with Crippen LogP contribution in [0.2, 0.25) is 0 Å². The topological polar surface area (TPSA) is 66.8 Å². The molecular formula is C19H23NO4. The fraction of sp³-hybridized carbons (Fsp3) is 0.263. The van der Waals surface area contributed by atoms with Gasteiger partial charge in [0, 0.05) is 25.2 Å². The molecule has 24 heavy (non-hydrogen) atoms. The predicted molar refractivity (Wildman–Crippen MR) is 93.6 cm³/mol. The molecule has 5 nitrogen and oxygen atoms in total. The molecule has 0 fully saturated rings. The first-order valence-corrected chi connectivity index (χ1v) is 7.73. The number of aromatic hydroxyl groups is 1. The lowest BCUT2D eigenvalue weighted by atomic mass is 10.1. The number of phenols is 1. The smallest absolute Gasteiger partial charge is 0.253 e. The monoisotopic (exact) mass is 329 g/mol. The third-order valence-corrected chi connectivity index (χ3v) is 3.12. The number of ether oxygens (including phenoxy) is 1. The van der Waals surface area contributed by atoms with Crippen LogP contribution >= 0.6 is 0 Å². The largest absolute Gasteiger partial charge is 0.504 e. The Morgan fingerprint density at radius 3 is 2.25 bits per heavy atom. The molecule has 0 unspecified atom stereocenters. The minimum absolute atomic E-state index is 0.0606. The molecule has 0 spiro atoms. The average molecular weight is 329 g/mol. The number of amides is 1. The van der Waals surface area contributed by atoms with Gasteiger partial charge in [-0.3, -0.25) is 9.59 Å². The summed E-state index contributed by atoms with van der Waals surface area (Å²) in [6.45, 7) is 4.25. The molecule has 0 bridgehead atoms. The van der Waals surface area contributed by atoms with Crippen LogP contribution in [-0.4, -0.2) is 36.3 Å². The van der Waals surface area contributed by atoms with E-state index in [9.17, 15) is 14.7 Å². The van der Waals surface area contributed by atoms with Gasteiger partial charge in [-0.2, -0.15) is 0 Å². The lowest BCUT2D eigenvalue weighted by Crippen LogP contribution is -2.21. The van der Waals surface area contributed by atoms with E-state index in [0.29, 0.717) is 23.2 Å². The number of phenolic OH excluding ortho intramolecular Hbond substituents is 1. The van der Waals surface area contributed by atoms with Crippen molar-refractivity contribution in [3.05, 3.63) is 59.2 Å². The molecule has 0 atom stereocenters. The maximum Gasteiger partial charge on any atom is 0.253 e. The number of aldehydes is 1. The van der Waals surface area contributed by atoms with E-state index in [0.717, 1.165) is 5.56 Å². The van der Waals surface area contributed by atoms with Crippen LogP contribution in [0, 0.1) is 0 Å². The van der Waals surface area contributed by atoms with E-state index in [2.05, 4.69) is 0 Å². The summed E-state index contributed by atoms with van der Waals surface area (Å²) < 4.78 is 5.51. The highest BCUT2D eigenvalue weighted by Crippen LogP contribution is 2.27. The Labute approximate surface area is 142 Å². The predicted octanol–water partition coefficient (Wildman–Crippen LogP) is 3.51. The number of nitrogens with zero attached hydrogens (tertiary/aromatic N) is 1. The molecule has 0 saturated carbocycles. The Kier molecular flexibility index (Phi) is 7.49. The zero-order chi connectivity index (χ0) is 18.1.